The minimum Gasteiger partial charge on any atom is -0.381 e. The quantitative estimate of drug-likeness (QED) is 0.596. The second kappa shape index (κ2) is 7.70. The van der Waals surface area contributed by atoms with Crippen LogP contribution in [0.25, 0.3) is 11.1 Å². The molecule has 0 unspecified atom stereocenters. The van der Waals surface area contributed by atoms with Gasteiger partial charge in [-0.3, -0.25) is 9.59 Å². The molecule has 31 heavy (non-hydrogen) atoms. The van der Waals surface area contributed by atoms with Crippen LogP contribution in [0.4, 0.5) is 14.5 Å². The van der Waals surface area contributed by atoms with Crippen LogP contribution in [-0.2, 0) is 9.63 Å². The van der Waals surface area contributed by atoms with Gasteiger partial charge in [0.25, 0.3) is 5.91 Å². The molecule has 2 aromatic carbocycles. The summed E-state index contributed by atoms with van der Waals surface area (Å²) in [6, 6.07) is 10.6. The van der Waals surface area contributed by atoms with Gasteiger partial charge >= 0.3 is 0 Å². The van der Waals surface area contributed by atoms with Crippen LogP contribution in [0.5, 0.6) is 0 Å². The van der Waals surface area contributed by atoms with Gasteiger partial charge in [0.15, 0.2) is 11.3 Å². The number of hydrogen-bond donors (Lipinski definition) is 1. The van der Waals surface area contributed by atoms with Gasteiger partial charge in [0.1, 0.15) is 17.3 Å². The Labute approximate surface area is 181 Å². The Morgan fingerprint density at radius 2 is 1.74 bits per heavy atom. The van der Waals surface area contributed by atoms with Crippen LogP contribution in [0, 0.1) is 18.6 Å². The topological polar surface area (TPSA) is 67.8 Å². The van der Waals surface area contributed by atoms with Gasteiger partial charge in [0, 0.05) is 5.56 Å². The molecular formula is C23H18F2N2O3S. The monoisotopic (exact) mass is 440 g/mol. The Balaban J connectivity index is 1.63. The average Bonchev–Trinajstić information content (AvgIpc) is 3.24. The summed E-state index contributed by atoms with van der Waals surface area (Å²) in [6.45, 7) is 5.07. The van der Waals surface area contributed by atoms with E-state index in [2.05, 4.69) is 10.5 Å². The number of benzene rings is 2. The second-order valence-corrected chi connectivity index (χ2v) is 8.49. The number of carbonyl (C=O) groups excluding carboxylic acids is 2. The largest absolute Gasteiger partial charge is 0.381 e. The van der Waals surface area contributed by atoms with E-state index in [0.29, 0.717) is 16.0 Å². The summed E-state index contributed by atoms with van der Waals surface area (Å²) in [5.41, 5.74) is 1.58. The van der Waals surface area contributed by atoms with Crippen LogP contribution in [0.2, 0.25) is 0 Å². The van der Waals surface area contributed by atoms with E-state index in [1.807, 2.05) is 6.07 Å². The van der Waals surface area contributed by atoms with Crippen molar-refractivity contribution in [3.05, 3.63) is 75.5 Å². The summed E-state index contributed by atoms with van der Waals surface area (Å²) >= 11 is 1.17. The number of carbonyl (C=O) groups is 2. The molecule has 1 amide bonds. The number of rotatable bonds is 4. The maximum Gasteiger partial charge on any atom is 0.266 e. The smallest absolute Gasteiger partial charge is 0.266 e. The number of Topliss-reactive ketones (excluding diaryl/α,β-unsaturated/α-hetero) is 1. The molecule has 0 saturated carbocycles. The lowest BCUT2D eigenvalue weighted by molar-refractivity contribution is -0.128. The van der Waals surface area contributed by atoms with Gasteiger partial charge in [-0.05, 0) is 61.0 Å². The SMILES string of the molecule is Cc1c(-c2cccc(C3=NOC(C)(C)C3=O)c2)csc1C(=O)Nc1c(F)cccc1F. The fourth-order valence-corrected chi connectivity index (χ4v) is 4.25. The van der Waals surface area contributed by atoms with Gasteiger partial charge in [-0.15, -0.1) is 11.3 Å². The number of oxime groups is 1. The fourth-order valence-electron chi connectivity index (χ4n) is 3.26. The number of nitrogens with one attached hydrogen (secondary N) is 1. The first-order valence-electron chi connectivity index (χ1n) is 9.44. The van der Waals surface area contributed by atoms with Crippen LogP contribution >= 0.6 is 11.3 Å². The lowest BCUT2D eigenvalue weighted by atomic mass is 9.94. The Morgan fingerprint density at radius 3 is 2.39 bits per heavy atom. The first kappa shape index (κ1) is 20.9. The number of ketones is 1. The normalized spacial score (nSPS) is 14.9. The molecule has 0 saturated heterocycles. The molecule has 5 nitrogen and oxygen atoms in total. The van der Waals surface area contributed by atoms with Gasteiger partial charge in [0.05, 0.1) is 4.88 Å². The first-order chi connectivity index (χ1) is 14.7. The molecule has 2 heterocycles. The van der Waals surface area contributed by atoms with E-state index in [4.69, 9.17) is 4.84 Å². The molecule has 0 aliphatic carbocycles. The van der Waals surface area contributed by atoms with E-state index in [1.54, 1.807) is 44.4 Å². The average molecular weight is 440 g/mol. The van der Waals surface area contributed by atoms with Gasteiger partial charge in [0.2, 0.25) is 5.78 Å². The Morgan fingerprint density at radius 1 is 1.10 bits per heavy atom. The molecule has 1 N–H and O–H groups in total. The lowest BCUT2D eigenvalue weighted by Gasteiger charge is -2.12. The predicted octanol–water partition coefficient (Wildman–Crippen LogP) is 5.34. The van der Waals surface area contributed by atoms with E-state index in [0.717, 1.165) is 23.3 Å². The highest BCUT2D eigenvalue weighted by Gasteiger charge is 2.40. The number of anilines is 1. The zero-order chi connectivity index (χ0) is 22.3. The third-order valence-corrected chi connectivity index (χ3v) is 6.10. The molecule has 0 fully saturated rings. The number of amides is 1. The molecule has 0 bridgehead atoms. The van der Waals surface area contributed by atoms with Crippen molar-refractivity contribution >= 4 is 34.4 Å². The highest BCUT2D eigenvalue weighted by Crippen LogP contribution is 2.33. The maximum absolute atomic E-state index is 13.9. The highest BCUT2D eigenvalue weighted by molar-refractivity contribution is 7.12. The van der Waals surface area contributed by atoms with Gasteiger partial charge in [-0.25, -0.2) is 8.78 Å². The standard InChI is InChI=1S/C23H18F2N2O3S/c1-12-15(11-31-20(12)22(29)26-19-16(24)8-5-9-17(19)25)13-6-4-7-14(10-13)18-21(28)23(2,3)30-27-18/h4-11H,1-3H3,(H,26,29). The highest BCUT2D eigenvalue weighted by atomic mass is 32.1. The number of hydrogen-bond acceptors (Lipinski definition) is 5. The summed E-state index contributed by atoms with van der Waals surface area (Å²) in [5, 5.41) is 8.03. The van der Waals surface area contributed by atoms with Crippen LogP contribution in [-0.4, -0.2) is 23.0 Å². The summed E-state index contributed by atoms with van der Waals surface area (Å²) < 4.78 is 27.8. The number of para-hydroxylation sites is 1. The van der Waals surface area contributed by atoms with Gasteiger partial charge in [-0.1, -0.05) is 29.4 Å². The van der Waals surface area contributed by atoms with Crippen LogP contribution in [0.3, 0.4) is 0 Å². The van der Waals surface area contributed by atoms with E-state index >= 15 is 0 Å². The van der Waals surface area contributed by atoms with Crippen molar-refractivity contribution in [1.29, 1.82) is 0 Å². The zero-order valence-electron chi connectivity index (χ0n) is 17.0. The second-order valence-electron chi connectivity index (χ2n) is 7.61. The van der Waals surface area contributed by atoms with Crippen molar-refractivity contribution in [2.24, 2.45) is 5.16 Å². The third-order valence-electron chi connectivity index (χ3n) is 5.02. The summed E-state index contributed by atoms with van der Waals surface area (Å²) in [6.07, 6.45) is 0. The van der Waals surface area contributed by atoms with Crippen molar-refractivity contribution in [3.8, 4) is 11.1 Å². The minimum absolute atomic E-state index is 0.210. The van der Waals surface area contributed by atoms with Crippen molar-refractivity contribution in [2.45, 2.75) is 26.4 Å². The summed E-state index contributed by atoms with van der Waals surface area (Å²) in [4.78, 5) is 30.7. The van der Waals surface area contributed by atoms with E-state index < -0.39 is 28.8 Å². The van der Waals surface area contributed by atoms with Crippen LogP contribution in [0.15, 0.2) is 53.0 Å². The van der Waals surface area contributed by atoms with Gasteiger partial charge in [-0.2, -0.15) is 0 Å². The van der Waals surface area contributed by atoms with E-state index in [1.165, 1.54) is 17.4 Å². The lowest BCUT2D eigenvalue weighted by Crippen LogP contribution is -2.33. The number of thiophene rings is 1. The maximum atomic E-state index is 13.9. The van der Waals surface area contributed by atoms with Crippen molar-refractivity contribution < 1.29 is 23.2 Å². The molecule has 0 radical (unpaired) electrons. The zero-order valence-corrected chi connectivity index (χ0v) is 17.8. The molecule has 3 aromatic rings. The number of halogens is 2. The van der Waals surface area contributed by atoms with E-state index in [9.17, 15) is 18.4 Å². The molecule has 4 rings (SSSR count). The Kier molecular flexibility index (Phi) is 5.18. The molecule has 0 atom stereocenters. The Bertz CT molecular complexity index is 1230. The van der Waals surface area contributed by atoms with E-state index in [-0.39, 0.29) is 11.5 Å². The summed E-state index contributed by atoms with van der Waals surface area (Å²) in [7, 11) is 0. The molecule has 1 aliphatic rings. The van der Waals surface area contributed by atoms with Crippen molar-refractivity contribution in [2.75, 3.05) is 5.32 Å². The molecular weight excluding hydrogens is 422 g/mol. The molecule has 8 heteroatoms. The fraction of sp³-hybridized carbons (Fsp3) is 0.174. The van der Waals surface area contributed by atoms with Gasteiger partial charge < -0.3 is 10.2 Å². The minimum atomic E-state index is -1.00. The predicted molar refractivity (Wildman–Crippen MR) is 116 cm³/mol. The Hall–Kier alpha value is -3.39. The molecule has 1 aliphatic heterocycles. The van der Waals surface area contributed by atoms with Crippen molar-refractivity contribution in [1.82, 2.24) is 0 Å². The van der Waals surface area contributed by atoms with Crippen LogP contribution < -0.4 is 5.32 Å². The molecule has 0 spiro atoms. The molecule has 1 aromatic heterocycles. The number of nitrogens with zero attached hydrogens (tertiary/aromatic N) is 1. The third kappa shape index (κ3) is 3.74. The molecule has 158 valence electrons. The first-order valence-corrected chi connectivity index (χ1v) is 10.3. The summed E-state index contributed by atoms with van der Waals surface area (Å²) in [5.74, 6) is -2.50. The van der Waals surface area contributed by atoms with Crippen LogP contribution in [0.1, 0.15) is 34.6 Å². The van der Waals surface area contributed by atoms with Crippen molar-refractivity contribution in [3.63, 3.8) is 0 Å².